The highest BCUT2D eigenvalue weighted by Crippen LogP contribution is 2.29. The lowest BCUT2D eigenvalue weighted by Gasteiger charge is -2.22. The van der Waals surface area contributed by atoms with Gasteiger partial charge in [-0.15, -0.1) is 16.8 Å². The summed E-state index contributed by atoms with van der Waals surface area (Å²) in [6.07, 6.45) is 7.60. The zero-order valence-electron chi connectivity index (χ0n) is 17.7. The van der Waals surface area contributed by atoms with Crippen LogP contribution in [0.15, 0.2) is 36.0 Å². The number of nitrogens with zero attached hydrogens (tertiary/aromatic N) is 3. The topological polar surface area (TPSA) is 78.3 Å². The van der Waals surface area contributed by atoms with Crippen LogP contribution in [0, 0.1) is 6.92 Å². The van der Waals surface area contributed by atoms with Crippen molar-refractivity contribution < 1.29 is 14.3 Å². The molecule has 8 heteroatoms. The van der Waals surface area contributed by atoms with Crippen molar-refractivity contribution in [2.45, 2.75) is 63.4 Å². The molecule has 3 rings (SSSR count). The minimum Gasteiger partial charge on any atom is -0.493 e. The van der Waals surface area contributed by atoms with Gasteiger partial charge in [-0.05, 0) is 37.5 Å². The van der Waals surface area contributed by atoms with Crippen LogP contribution in [0.25, 0.3) is 0 Å². The van der Waals surface area contributed by atoms with Gasteiger partial charge in [-0.3, -0.25) is 9.36 Å². The minimum atomic E-state index is 0.0437. The Kier molecular flexibility index (Phi) is 8.19. The first-order chi connectivity index (χ1) is 14.6. The van der Waals surface area contributed by atoms with Crippen LogP contribution in [0.2, 0.25) is 0 Å². The fraction of sp³-hybridized carbons (Fsp3) is 0.500. The summed E-state index contributed by atoms with van der Waals surface area (Å²) >= 11 is 1.39. The normalized spacial score (nSPS) is 14.3. The van der Waals surface area contributed by atoms with Crippen LogP contribution in [0.3, 0.4) is 0 Å². The van der Waals surface area contributed by atoms with Crippen LogP contribution in [0.5, 0.6) is 11.5 Å². The van der Waals surface area contributed by atoms with Gasteiger partial charge in [0.05, 0.1) is 12.9 Å². The Hall–Kier alpha value is -2.48. The van der Waals surface area contributed by atoms with Crippen molar-refractivity contribution in [2.24, 2.45) is 0 Å². The van der Waals surface area contributed by atoms with E-state index in [1.807, 2.05) is 29.7 Å². The Bertz CT molecular complexity index is 862. The molecule has 0 saturated heterocycles. The molecule has 1 amide bonds. The molecule has 1 heterocycles. The molecule has 0 atom stereocenters. The van der Waals surface area contributed by atoms with Crippen LogP contribution in [-0.4, -0.2) is 39.6 Å². The van der Waals surface area contributed by atoms with E-state index in [1.54, 1.807) is 13.2 Å². The summed E-state index contributed by atoms with van der Waals surface area (Å²) in [5.74, 6) is 2.37. The summed E-state index contributed by atoms with van der Waals surface area (Å²) in [5.41, 5.74) is 1.10. The summed E-state index contributed by atoms with van der Waals surface area (Å²) in [6.45, 7) is 6.61. The highest BCUT2D eigenvalue weighted by molar-refractivity contribution is 7.99. The van der Waals surface area contributed by atoms with E-state index in [0.717, 1.165) is 18.4 Å². The van der Waals surface area contributed by atoms with Crippen LogP contribution in [-0.2, 0) is 17.9 Å². The van der Waals surface area contributed by atoms with E-state index in [4.69, 9.17) is 9.47 Å². The molecule has 0 spiro atoms. The number of ether oxygens (including phenoxy) is 2. The van der Waals surface area contributed by atoms with Crippen LogP contribution < -0.4 is 14.8 Å². The standard InChI is InChI=1S/C22H30N4O3S/c1-4-12-26-20(14-29-18-11-10-16(2)13-19(18)28-3)24-25-22(26)30-15-21(27)23-17-8-6-5-7-9-17/h4,10-11,13,17H,1,5-9,12,14-15H2,2-3H3,(H,23,27). The number of thioether (sulfide) groups is 1. The van der Waals surface area contributed by atoms with Crippen molar-refractivity contribution in [2.75, 3.05) is 12.9 Å². The molecule has 1 aromatic heterocycles. The third-order valence-corrected chi connectivity index (χ3v) is 6.05. The fourth-order valence-corrected chi connectivity index (χ4v) is 4.31. The van der Waals surface area contributed by atoms with Crippen LogP contribution >= 0.6 is 11.8 Å². The number of amides is 1. The number of benzene rings is 1. The summed E-state index contributed by atoms with van der Waals surface area (Å²) in [5, 5.41) is 12.3. The molecule has 0 bridgehead atoms. The molecule has 0 radical (unpaired) electrons. The predicted molar refractivity (Wildman–Crippen MR) is 118 cm³/mol. The molecule has 1 N–H and O–H groups in total. The molecule has 1 aliphatic rings. The average Bonchev–Trinajstić information content (AvgIpc) is 3.14. The molecular formula is C22H30N4O3S. The van der Waals surface area contributed by atoms with Gasteiger partial charge in [-0.2, -0.15) is 0 Å². The third-order valence-electron chi connectivity index (χ3n) is 5.08. The lowest BCUT2D eigenvalue weighted by molar-refractivity contribution is -0.119. The van der Waals surface area contributed by atoms with Crippen molar-refractivity contribution in [3.8, 4) is 11.5 Å². The molecule has 1 aromatic carbocycles. The maximum Gasteiger partial charge on any atom is 0.230 e. The molecule has 7 nitrogen and oxygen atoms in total. The molecule has 0 aliphatic heterocycles. The molecule has 1 saturated carbocycles. The number of methoxy groups -OCH3 is 1. The van der Waals surface area contributed by atoms with Gasteiger partial charge in [-0.25, -0.2) is 0 Å². The quantitative estimate of drug-likeness (QED) is 0.455. The third kappa shape index (κ3) is 6.01. The van der Waals surface area contributed by atoms with E-state index in [-0.39, 0.29) is 12.5 Å². The SMILES string of the molecule is C=CCn1c(COc2ccc(C)cc2OC)nnc1SCC(=O)NC1CCCCC1. The van der Waals surface area contributed by atoms with E-state index in [2.05, 4.69) is 22.1 Å². The monoisotopic (exact) mass is 430 g/mol. The second-order valence-corrected chi connectivity index (χ2v) is 8.37. The van der Waals surface area contributed by atoms with Gasteiger partial charge in [0.15, 0.2) is 22.5 Å². The number of carbonyl (C=O) groups is 1. The van der Waals surface area contributed by atoms with Crippen molar-refractivity contribution in [3.05, 3.63) is 42.2 Å². The minimum absolute atomic E-state index is 0.0437. The molecule has 2 aromatic rings. The largest absolute Gasteiger partial charge is 0.493 e. The highest BCUT2D eigenvalue weighted by Gasteiger charge is 2.18. The maximum atomic E-state index is 12.3. The van der Waals surface area contributed by atoms with E-state index in [1.165, 1.54) is 31.0 Å². The van der Waals surface area contributed by atoms with Crippen LogP contribution in [0.1, 0.15) is 43.5 Å². The number of hydrogen-bond acceptors (Lipinski definition) is 6. The summed E-state index contributed by atoms with van der Waals surface area (Å²) in [4.78, 5) is 12.3. The smallest absolute Gasteiger partial charge is 0.230 e. The first-order valence-electron chi connectivity index (χ1n) is 10.3. The Balaban J connectivity index is 1.60. The van der Waals surface area contributed by atoms with Crippen LogP contribution in [0.4, 0.5) is 0 Å². The molecular weight excluding hydrogens is 400 g/mol. The van der Waals surface area contributed by atoms with Gasteiger partial charge in [-0.1, -0.05) is 43.2 Å². The Labute approximate surface area is 182 Å². The van der Waals surface area contributed by atoms with Crippen molar-refractivity contribution in [1.82, 2.24) is 20.1 Å². The van der Waals surface area contributed by atoms with Gasteiger partial charge in [0.2, 0.25) is 5.91 Å². The molecule has 1 aliphatic carbocycles. The fourth-order valence-electron chi connectivity index (χ4n) is 3.53. The van der Waals surface area contributed by atoms with Crippen molar-refractivity contribution in [3.63, 3.8) is 0 Å². The molecule has 0 unspecified atom stereocenters. The summed E-state index contributed by atoms with van der Waals surface area (Å²) in [6, 6.07) is 6.09. The molecule has 162 valence electrons. The number of hydrogen-bond donors (Lipinski definition) is 1. The second-order valence-electron chi connectivity index (χ2n) is 7.43. The number of aromatic nitrogens is 3. The summed E-state index contributed by atoms with van der Waals surface area (Å²) in [7, 11) is 1.62. The van der Waals surface area contributed by atoms with Gasteiger partial charge in [0.1, 0.15) is 6.61 Å². The van der Waals surface area contributed by atoms with E-state index >= 15 is 0 Å². The Morgan fingerprint density at radius 1 is 1.30 bits per heavy atom. The lowest BCUT2D eigenvalue weighted by atomic mass is 9.95. The Morgan fingerprint density at radius 3 is 2.83 bits per heavy atom. The zero-order valence-corrected chi connectivity index (χ0v) is 18.5. The number of aryl methyl sites for hydroxylation is 1. The van der Waals surface area contributed by atoms with Gasteiger partial charge >= 0.3 is 0 Å². The summed E-state index contributed by atoms with van der Waals surface area (Å²) < 4.78 is 13.2. The average molecular weight is 431 g/mol. The number of allylic oxidation sites excluding steroid dienone is 1. The van der Waals surface area contributed by atoms with Gasteiger partial charge in [0.25, 0.3) is 0 Å². The molecule has 30 heavy (non-hydrogen) atoms. The van der Waals surface area contributed by atoms with Gasteiger partial charge in [0, 0.05) is 12.6 Å². The lowest BCUT2D eigenvalue weighted by Crippen LogP contribution is -2.37. The van der Waals surface area contributed by atoms with Crippen molar-refractivity contribution in [1.29, 1.82) is 0 Å². The second kappa shape index (κ2) is 11.1. The van der Waals surface area contributed by atoms with E-state index < -0.39 is 0 Å². The van der Waals surface area contributed by atoms with E-state index in [9.17, 15) is 4.79 Å². The molecule has 1 fully saturated rings. The number of nitrogens with one attached hydrogen (secondary N) is 1. The van der Waals surface area contributed by atoms with Gasteiger partial charge < -0.3 is 14.8 Å². The highest BCUT2D eigenvalue weighted by atomic mass is 32.2. The first-order valence-corrected chi connectivity index (χ1v) is 11.3. The number of rotatable bonds is 10. The Morgan fingerprint density at radius 2 is 2.10 bits per heavy atom. The number of carbonyl (C=O) groups excluding carboxylic acids is 1. The predicted octanol–water partition coefficient (Wildman–Crippen LogP) is 3.90. The first kappa shape index (κ1) is 22.2. The van der Waals surface area contributed by atoms with E-state index in [0.29, 0.717) is 40.8 Å². The zero-order chi connectivity index (χ0) is 21.3. The maximum absolute atomic E-state index is 12.3. The van der Waals surface area contributed by atoms with Crippen molar-refractivity contribution >= 4 is 17.7 Å².